The van der Waals surface area contributed by atoms with Gasteiger partial charge in [-0.15, -0.1) is 0 Å². The van der Waals surface area contributed by atoms with E-state index in [-0.39, 0.29) is 21.2 Å². The zero-order valence-corrected chi connectivity index (χ0v) is 32.1. The molecule has 0 aromatic heterocycles. The number of benzene rings is 5. The number of aryl methyl sites for hydroxylation is 2. The van der Waals surface area contributed by atoms with Gasteiger partial charge >= 0.3 is 216 Å². The molecule has 0 bridgehead atoms. The third-order valence-electron chi connectivity index (χ3n) is 8.34. The molecule has 0 N–H and O–H groups in total. The van der Waals surface area contributed by atoms with E-state index in [0.29, 0.717) is 0 Å². The average Bonchev–Trinajstić information content (AvgIpc) is 3.10. The van der Waals surface area contributed by atoms with Crippen LogP contribution in [0.5, 0.6) is 0 Å². The Morgan fingerprint density at radius 1 is 0.435 bits per heavy atom. The monoisotopic (exact) mass is 834 g/mol. The fraction of sp³-hybridized carbons (Fsp3) is 0.286. The predicted octanol–water partition coefficient (Wildman–Crippen LogP) is 13.6. The molecule has 0 saturated carbocycles. The summed E-state index contributed by atoms with van der Waals surface area (Å²) in [6, 6.07) is 45.6. The number of hydrogen-bond donors (Lipinski definition) is 0. The Kier molecular flexibility index (Phi) is 13.4. The molecule has 240 valence electrons. The third kappa shape index (κ3) is 9.37. The van der Waals surface area contributed by atoms with Crippen molar-refractivity contribution in [1.29, 1.82) is 0 Å². The molecule has 0 radical (unpaired) electrons. The molecule has 5 rings (SSSR count). The molecule has 0 aliphatic carbocycles. The van der Waals surface area contributed by atoms with Crippen molar-refractivity contribution in [3.05, 3.63) is 140 Å². The second kappa shape index (κ2) is 17.9. The van der Waals surface area contributed by atoms with Gasteiger partial charge in [-0.3, -0.25) is 0 Å². The number of halogens is 2. The van der Waals surface area contributed by atoms with Crippen LogP contribution in [0, 0.1) is 7.14 Å². The van der Waals surface area contributed by atoms with Crippen molar-refractivity contribution in [2.24, 2.45) is 0 Å². The number of alkyl halides is 1. The van der Waals surface area contributed by atoms with E-state index < -0.39 is 0 Å². The van der Waals surface area contributed by atoms with Gasteiger partial charge in [0.25, 0.3) is 0 Å². The first-order valence-corrected chi connectivity index (χ1v) is 20.9. The van der Waals surface area contributed by atoms with Crippen molar-refractivity contribution in [2.45, 2.75) is 72.1 Å². The van der Waals surface area contributed by atoms with Gasteiger partial charge in [0.05, 0.1) is 0 Å². The van der Waals surface area contributed by atoms with E-state index >= 15 is 0 Å². The Morgan fingerprint density at radius 3 is 1.13 bits per heavy atom. The van der Waals surface area contributed by atoms with E-state index in [1.54, 1.807) is 0 Å². The SMILES string of the molecule is CCCC[IH]c1ccc(N(c2ccc(I)cc2)c2ccc(N(c3ccc(CCCC)cc3)c3ccc(CCCC)cc3)cc2)cc1. The van der Waals surface area contributed by atoms with Crippen molar-refractivity contribution in [3.8, 4) is 0 Å². The molecule has 46 heavy (non-hydrogen) atoms. The Morgan fingerprint density at radius 2 is 0.761 bits per heavy atom. The molecule has 0 atom stereocenters. The molecule has 0 aliphatic rings. The second-order valence-corrected chi connectivity index (χ2v) is 16.5. The summed E-state index contributed by atoms with van der Waals surface area (Å²) in [7, 11) is 0. The van der Waals surface area contributed by atoms with E-state index in [4.69, 9.17) is 0 Å². The van der Waals surface area contributed by atoms with E-state index in [2.05, 4.69) is 174 Å². The normalized spacial score (nSPS) is 11.1. The fourth-order valence-corrected chi connectivity index (χ4v) is 8.85. The van der Waals surface area contributed by atoms with Crippen LogP contribution in [0.2, 0.25) is 0 Å². The Balaban J connectivity index is 1.49. The minimum atomic E-state index is -0.114. The van der Waals surface area contributed by atoms with Crippen LogP contribution >= 0.6 is 43.8 Å². The number of rotatable bonds is 16. The predicted molar refractivity (Wildman–Crippen MR) is 220 cm³/mol. The van der Waals surface area contributed by atoms with Gasteiger partial charge < -0.3 is 0 Å². The van der Waals surface area contributed by atoms with Crippen LogP contribution in [0.25, 0.3) is 0 Å². The van der Waals surface area contributed by atoms with Gasteiger partial charge in [-0.25, -0.2) is 0 Å². The van der Waals surface area contributed by atoms with Gasteiger partial charge in [-0.2, -0.15) is 0 Å². The first-order chi connectivity index (χ1) is 22.6. The molecule has 0 unspecified atom stereocenters. The molecular weight excluding hydrogens is 786 g/mol. The summed E-state index contributed by atoms with van der Waals surface area (Å²) in [5.41, 5.74) is 9.87. The first-order valence-electron chi connectivity index (χ1n) is 17.0. The Labute approximate surface area is 301 Å². The van der Waals surface area contributed by atoms with Crippen LogP contribution in [0.4, 0.5) is 34.1 Å². The van der Waals surface area contributed by atoms with Crippen LogP contribution in [-0.2, 0) is 12.8 Å². The molecule has 0 heterocycles. The maximum absolute atomic E-state index is 2.39. The van der Waals surface area contributed by atoms with Crippen molar-refractivity contribution < 1.29 is 0 Å². The van der Waals surface area contributed by atoms with Crippen LogP contribution in [0.3, 0.4) is 0 Å². The molecule has 5 aromatic carbocycles. The van der Waals surface area contributed by atoms with Gasteiger partial charge in [0, 0.05) is 0 Å². The molecule has 2 nitrogen and oxygen atoms in total. The molecular formula is C42H48I2N2. The van der Waals surface area contributed by atoms with Gasteiger partial charge in [0.1, 0.15) is 0 Å². The minimum absolute atomic E-state index is 0.114. The number of anilines is 6. The summed E-state index contributed by atoms with van der Waals surface area (Å²) in [6.07, 6.45) is 9.78. The summed E-state index contributed by atoms with van der Waals surface area (Å²) in [6.45, 7) is 6.80. The number of nitrogens with zero attached hydrogens (tertiary/aromatic N) is 2. The first kappa shape index (κ1) is 34.5. The van der Waals surface area contributed by atoms with E-state index in [1.165, 1.54) is 84.0 Å². The molecule has 0 fully saturated rings. The van der Waals surface area contributed by atoms with Crippen LogP contribution < -0.4 is 9.80 Å². The fourth-order valence-electron chi connectivity index (χ4n) is 5.65. The number of unbranched alkanes of at least 4 members (excludes halogenated alkanes) is 3. The van der Waals surface area contributed by atoms with Gasteiger partial charge in [0.15, 0.2) is 0 Å². The molecule has 0 amide bonds. The maximum atomic E-state index is 2.39. The van der Waals surface area contributed by atoms with Crippen molar-refractivity contribution in [1.82, 2.24) is 0 Å². The average molecular weight is 835 g/mol. The van der Waals surface area contributed by atoms with Crippen molar-refractivity contribution in [2.75, 3.05) is 14.2 Å². The standard InChI is InChI=1S/C42H48I2N2/c1-4-7-10-33-12-20-37(21-13-33)45(38-22-14-34(15-23-38)11-8-5-2)41-28-30-42(31-29-41)46(39-24-16-35(43)17-25-39)40-26-18-36(19-27-40)44-32-9-6-3/h12-31,44H,4-11,32H2,1-3H3. The summed E-state index contributed by atoms with van der Waals surface area (Å²) < 4.78 is 4.16. The molecule has 0 aliphatic heterocycles. The zero-order chi connectivity index (χ0) is 32.1. The van der Waals surface area contributed by atoms with Gasteiger partial charge in [-0.1, -0.05) is 51.0 Å². The van der Waals surface area contributed by atoms with Crippen molar-refractivity contribution >= 4 is 77.9 Å². The molecule has 0 spiro atoms. The topological polar surface area (TPSA) is 6.48 Å². The van der Waals surface area contributed by atoms with E-state index in [9.17, 15) is 0 Å². The van der Waals surface area contributed by atoms with E-state index in [0.717, 1.165) is 24.2 Å². The zero-order valence-electron chi connectivity index (χ0n) is 27.6. The molecule has 5 aromatic rings. The quantitative estimate of drug-likeness (QED) is 0.0555. The Bertz CT molecular complexity index is 1540. The summed E-state index contributed by atoms with van der Waals surface area (Å²) in [4.78, 5) is 4.77. The summed E-state index contributed by atoms with van der Waals surface area (Å²) >= 11 is 2.28. The third-order valence-corrected chi connectivity index (χ3v) is 12.2. The van der Waals surface area contributed by atoms with E-state index in [1.807, 2.05) is 0 Å². The molecule has 0 saturated heterocycles. The molecule has 4 heteroatoms. The van der Waals surface area contributed by atoms with Gasteiger partial charge in [0.2, 0.25) is 0 Å². The van der Waals surface area contributed by atoms with Crippen LogP contribution in [-0.4, -0.2) is 4.43 Å². The van der Waals surface area contributed by atoms with Crippen LogP contribution in [0.15, 0.2) is 121 Å². The van der Waals surface area contributed by atoms with Crippen LogP contribution in [0.1, 0.15) is 70.4 Å². The summed E-state index contributed by atoms with van der Waals surface area (Å²) in [5.74, 6) is 0. The van der Waals surface area contributed by atoms with Crippen molar-refractivity contribution in [3.63, 3.8) is 0 Å². The second-order valence-electron chi connectivity index (χ2n) is 11.9. The Hall–Kier alpha value is -2.84. The summed E-state index contributed by atoms with van der Waals surface area (Å²) in [5, 5.41) is 0. The number of hydrogen-bond acceptors (Lipinski definition) is 2. The van der Waals surface area contributed by atoms with Gasteiger partial charge in [-0.05, 0) is 36.8 Å².